The molecule has 0 fully saturated rings. The van der Waals surface area contributed by atoms with E-state index in [9.17, 15) is 8.42 Å². The Morgan fingerprint density at radius 3 is 2.70 bits per heavy atom. The lowest BCUT2D eigenvalue weighted by molar-refractivity contribution is 0.595. The summed E-state index contributed by atoms with van der Waals surface area (Å²) in [6.45, 7) is 6.18. The van der Waals surface area contributed by atoms with E-state index >= 15 is 0 Å². The van der Waals surface area contributed by atoms with Crippen LogP contribution in [0.5, 0.6) is 0 Å². The van der Waals surface area contributed by atoms with Gasteiger partial charge in [0.1, 0.15) is 4.90 Å². The SMILES string of the molecule is CCCn1cc(S(=O)(=O)Nc2n[nH]c(C)c2C)c(N)n1. The van der Waals surface area contributed by atoms with Gasteiger partial charge >= 0.3 is 0 Å². The van der Waals surface area contributed by atoms with E-state index < -0.39 is 10.0 Å². The maximum Gasteiger partial charge on any atom is 0.268 e. The first kappa shape index (κ1) is 14.4. The van der Waals surface area contributed by atoms with E-state index in [0.29, 0.717) is 6.54 Å². The van der Waals surface area contributed by atoms with Crippen molar-refractivity contribution in [2.45, 2.75) is 38.6 Å². The van der Waals surface area contributed by atoms with Crippen molar-refractivity contribution in [2.75, 3.05) is 10.5 Å². The summed E-state index contributed by atoms with van der Waals surface area (Å²) in [5.74, 6) is 0.251. The van der Waals surface area contributed by atoms with Crippen LogP contribution in [0.3, 0.4) is 0 Å². The lowest BCUT2D eigenvalue weighted by Crippen LogP contribution is -2.14. The molecule has 0 radical (unpaired) electrons. The lowest BCUT2D eigenvalue weighted by atomic mass is 10.3. The molecule has 0 saturated heterocycles. The number of nitrogens with two attached hydrogens (primary N) is 1. The zero-order valence-corrected chi connectivity index (χ0v) is 12.5. The molecule has 0 unspecified atom stereocenters. The molecule has 0 amide bonds. The Bertz CT molecular complexity index is 715. The van der Waals surface area contributed by atoms with Crippen LogP contribution >= 0.6 is 0 Å². The second-order valence-electron chi connectivity index (χ2n) is 4.57. The number of aromatic amines is 1. The molecule has 2 heterocycles. The zero-order chi connectivity index (χ0) is 14.9. The van der Waals surface area contributed by atoms with Gasteiger partial charge in [0.2, 0.25) is 0 Å². The van der Waals surface area contributed by atoms with Gasteiger partial charge in [-0.1, -0.05) is 6.92 Å². The highest BCUT2D eigenvalue weighted by atomic mass is 32.2. The lowest BCUT2D eigenvalue weighted by Gasteiger charge is -2.04. The highest BCUT2D eigenvalue weighted by Gasteiger charge is 2.23. The molecule has 20 heavy (non-hydrogen) atoms. The number of sulfonamides is 1. The molecule has 0 aliphatic carbocycles. The maximum absolute atomic E-state index is 12.3. The van der Waals surface area contributed by atoms with E-state index in [1.807, 2.05) is 13.8 Å². The Balaban J connectivity index is 2.33. The van der Waals surface area contributed by atoms with E-state index in [2.05, 4.69) is 20.0 Å². The van der Waals surface area contributed by atoms with E-state index in [1.165, 1.54) is 10.9 Å². The Morgan fingerprint density at radius 2 is 2.15 bits per heavy atom. The molecule has 9 heteroatoms. The standard InChI is InChI=1S/C11H18N6O2S/c1-4-5-17-6-9(10(12)15-17)20(18,19)16-11-7(2)8(3)13-14-11/h6H,4-5H2,1-3H3,(H2,12,15)(H2,13,14,16). The van der Waals surface area contributed by atoms with Crippen molar-refractivity contribution in [1.29, 1.82) is 0 Å². The fourth-order valence-corrected chi connectivity index (χ4v) is 2.88. The van der Waals surface area contributed by atoms with Gasteiger partial charge in [0.25, 0.3) is 10.0 Å². The summed E-state index contributed by atoms with van der Waals surface area (Å²) in [5, 5.41) is 10.6. The van der Waals surface area contributed by atoms with Crippen molar-refractivity contribution < 1.29 is 8.42 Å². The third kappa shape index (κ3) is 2.62. The molecule has 0 spiro atoms. The number of hydrogen-bond donors (Lipinski definition) is 3. The van der Waals surface area contributed by atoms with Gasteiger partial charge in [0.05, 0.1) is 0 Å². The van der Waals surface area contributed by atoms with Crippen LogP contribution in [0.2, 0.25) is 0 Å². The van der Waals surface area contributed by atoms with Crippen LogP contribution in [0.15, 0.2) is 11.1 Å². The number of nitrogens with one attached hydrogen (secondary N) is 2. The van der Waals surface area contributed by atoms with Crippen molar-refractivity contribution in [1.82, 2.24) is 20.0 Å². The van der Waals surface area contributed by atoms with Crippen molar-refractivity contribution >= 4 is 21.7 Å². The Labute approximate surface area is 117 Å². The van der Waals surface area contributed by atoms with Gasteiger partial charge in [-0.3, -0.25) is 14.5 Å². The molecule has 2 aromatic rings. The minimum absolute atomic E-state index is 0.0177. The molecular weight excluding hydrogens is 280 g/mol. The number of aromatic nitrogens is 4. The van der Waals surface area contributed by atoms with E-state index in [1.54, 1.807) is 6.92 Å². The molecule has 0 aliphatic rings. The van der Waals surface area contributed by atoms with E-state index in [-0.39, 0.29) is 16.5 Å². The molecule has 0 atom stereocenters. The summed E-state index contributed by atoms with van der Waals surface area (Å²) in [7, 11) is -3.79. The third-order valence-electron chi connectivity index (χ3n) is 2.98. The topological polar surface area (TPSA) is 119 Å². The largest absolute Gasteiger partial charge is 0.381 e. The Hall–Kier alpha value is -2.03. The number of nitrogen functional groups attached to an aromatic ring is 1. The van der Waals surface area contributed by atoms with Crippen LogP contribution < -0.4 is 10.5 Å². The highest BCUT2D eigenvalue weighted by Crippen LogP contribution is 2.22. The number of nitrogens with zero attached hydrogens (tertiary/aromatic N) is 3. The van der Waals surface area contributed by atoms with Crippen LogP contribution in [0.25, 0.3) is 0 Å². The van der Waals surface area contributed by atoms with Crippen molar-refractivity contribution in [2.24, 2.45) is 0 Å². The van der Waals surface area contributed by atoms with Crippen LogP contribution in [0.4, 0.5) is 11.6 Å². The molecule has 0 aliphatic heterocycles. The zero-order valence-electron chi connectivity index (χ0n) is 11.6. The average Bonchev–Trinajstić information content (AvgIpc) is 2.88. The fraction of sp³-hybridized carbons (Fsp3) is 0.455. The molecular formula is C11H18N6O2S. The van der Waals surface area contributed by atoms with Gasteiger partial charge in [0.15, 0.2) is 11.6 Å². The minimum Gasteiger partial charge on any atom is -0.381 e. The quantitative estimate of drug-likeness (QED) is 0.761. The first-order valence-electron chi connectivity index (χ1n) is 6.22. The maximum atomic E-state index is 12.3. The number of H-pyrrole nitrogens is 1. The van der Waals surface area contributed by atoms with Crippen molar-refractivity contribution in [3.63, 3.8) is 0 Å². The molecule has 110 valence electrons. The summed E-state index contributed by atoms with van der Waals surface area (Å²) in [6, 6.07) is 0. The summed E-state index contributed by atoms with van der Waals surface area (Å²) >= 11 is 0. The number of rotatable bonds is 5. The monoisotopic (exact) mass is 298 g/mol. The molecule has 2 aromatic heterocycles. The minimum atomic E-state index is -3.79. The van der Waals surface area contributed by atoms with Crippen LogP contribution in [0, 0.1) is 13.8 Å². The number of anilines is 2. The smallest absolute Gasteiger partial charge is 0.268 e. The second-order valence-corrected chi connectivity index (χ2v) is 6.22. The molecule has 4 N–H and O–H groups in total. The second kappa shape index (κ2) is 5.16. The van der Waals surface area contributed by atoms with Crippen molar-refractivity contribution in [3.05, 3.63) is 17.5 Å². The average molecular weight is 298 g/mol. The number of hydrogen-bond acceptors (Lipinski definition) is 5. The Kier molecular flexibility index (Phi) is 3.71. The molecule has 8 nitrogen and oxygen atoms in total. The normalized spacial score (nSPS) is 11.8. The first-order chi connectivity index (χ1) is 9.35. The van der Waals surface area contributed by atoms with Crippen molar-refractivity contribution in [3.8, 4) is 0 Å². The summed E-state index contributed by atoms with van der Waals surface area (Å²) in [5.41, 5.74) is 7.22. The van der Waals surface area contributed by atoms with Crippen LogP contribution in [-0.2, 0) is 16.6 Å². The fourth-order valence-electron chi connectivity index (χ4n) is 1.74. The predicted molar refractivity (Wildman–Crippen MR) is 75.8 cm³/mol. The summed E-state index contributed by atoms with van der Waals surface area (Å²) in [4.78, 5) is -0.0361. The number of aryl methyl sites for hydroxylation is 2. The molecule has 0 bridgehead atoms. The van der Waals surface area contributed by atoms with Gasteiger partial charge in [-0.05, 0) is 20.3 Å². The van der Waals surface area contributed by atoms with Gasteiger partial charge in [-0.2, -0.15) is 10.2 Å². The van der Waals surface area contributed by atoms with Crippen LogP contribution in [0.1, 0.15) is 24.6 Å². The molecule has 0 aromatic carbocycles. The van der Waals surface area contributed by atoms with Gasteiger partial charge in [0, 0.05) is 24.0 Å². The summed E-state index contributed by atoms with van der Waals surface area (Å²) < 4.78 is 28.5. The Morgan fingerprint density at radius 1 is 1.45 bits per heavy atom. The van der Waals surface area contributed by atoms with Gasteiger partial charge in [-0.15, -0.1) is 0 Å². The van der Waals surface area contributed by atoms with Gasteiger partial charge < -0.3 is 5.73 Å². The molecule has 0 saturated carbocycles. The highest BCUT2D eigenvalue weighted by molar-refractivity contribution is 7.92. The van der Waals surface area contributed by atoms with Gasteiger partial charge in [-0.25, -0.2) is 8.42 Å². The van der Waals surface area contributed by atoms with E-state index in [0.717, 1.165) is 17.7 Å². The van der Waals surface area contributed by atoms with E-state index in [4.69, 9.17) is 5.73 Å². The van der Waals surface area contributed by atoms with Crippen LogP contribution in [-0.4, -0.2) is 28.4 Å². The predicted octanol–water partition coefficient (Wildman–Crippen LogP) is 1.02. The third-order valence-corrected chi connectivity index (χ3v) is 4.34. The molecule has 2 rings (SSSR count). The first-order valence-corrected chi connectivity index (χ1v) is 7.70. The summed E-state index contributed by atoms with van der Waals surface area (Å²) in [6.07, 6.45) is 2.27.